The van der Waals surface area contributed by atoms with Crippen LogP contribution in [0.3, 0.4) is 0 Å². The Morgan fingerprint density at radius 2 is 1.83 bits per heavy atom. The Bertz CT molecular complexity index is 1040. The van der Waals surface area contributed by atoms with E-state index >= 15 is 0 Å². The number of benzene rings is 2. The van der Waals surface area contributed by atoms with Crippen LogP contribution in [0.5, 0.6) is 5.75 Å². The van der Waals surface area contributed by atoms with E-state index in [1.165, 1.54) is 7.11 Å². The molecule has 2 aromatic carbocycles. The SMILES string of the molecule is COc1cccc(C(=O)COC(=O)c2c(C)nn(Cc3ccc(C)cc3)c2Cl)c1. The van der Waals surface area contributed by atoms with Gasteiger partial charge < -0.3 is 9.47 Å². The summed E-state index contributed by atoms with van der Waals surface area (Å²) < 4.78 is 11.8. The van der Waals surface area contributed by atoms with Gasteiger partial charge in [-0.15, -0.1) is 0 Å². The zero-order valence-electron chi connectivity index (χ0n) is 16.4. The van der Waals surface area contributed by atoms with Gasteiger partial charge in [0.1, 0.15) is 16.5 Å². The first kappa shape index (κ1) is 20.6. The van der Waals surface area contributed by atoms with Crippen molar-refractivity contribution in [1.29, 1.82) is 0 Å². The lowest BCUT2D eigenvalue weighted by Crippen LogP contribution is -2.15. The van der Waals surface area contributed by atoms with Gasteiger partial charge in [-0.1, -0.05) is 53.6 Å². The zero-order chi connectivity index (χ0) is 21.0. The average Bonchev–Trinajstić information content (AvgIpc) is 3.00. The van der Waals surface area contributed by atoms with Gasteiger partial charge in [-0.3, -0.25) is 4.79 Å². The Labute approximate surface area is 174 Å². The predicted octanol–water partition coefficient (Wildman–Crippen LogP) is 4.25. The normalized spacial score (nSPS) is 10.6. The van der Waals surface area contributed by atoms with Crippen molar-refractivity contribution in [3.8, 4) is 5.75 Å². The van der Waals surface area contributed by atoms with E-state index in [0.717, 1.165) is 11.1 Å². The molecule has 1 aromatic heterocycles. The number of aromatic nitrogens is 2. The maximum atomic E-state index is 12.5. The Morgan fingerprint density at radius 1 is 1.10 bits per heavy atom. The first-order valence-electron chi connectivity index (χ1n) is 9.02. The number of ether oxygens (including phenoxy) is 2. The van der Waals surface area contributed by atoms with Crippen molar-refractivity contribution in [2.24, 2.45) is 0 Å². The Kier molecular flexibility index (Phi) is 6.34. The first-order chi connectivity index (χ1) is 13.9. The summed E-state index contributed by atoms with van der Waals surface area (Å²) in [5.41, 5.74) is 3.17. The van der Waals surface area contributed by atoms with Crippen molar-refractivity contribution in [2.45, 2.75) is 20.4 Å². The van der Waals surface area contributed by atoms with Gasteiger partial charge in [-0.25, -0.2) is 9.48 Å². The van der Waals surface area contributed by atoms with Crippen LogP contribution in [0.1, 0.15) is 37.5 Å². The summed E-state index contributed by atoms with van der Waals surface area (Å²) in [6.45, 7) is 3.72. The molecule has 3 rings (SSSR count). The van der Waals surface area contributed by atoms with Gasteiger partial charge in [-0.05, 0) is 31.5 Å². The van der Waals surface area contributed by atoms with Gasteiger partial charge in [0.15, 0.2) is 12.4 Å². The van der Waals surface area contributed by atoms with Crippen LogP contribution in [0.4, 0.5) is 0 Å². The molecule has 0 fully saturated rings. The van der Waals surface area contributed by atoms with E-state index in [9.17, 15) is 9.59 Å². The molecule has 0 saturated heterocycles. The van der Waals surface area contributed by atoms with Gasteiger partial charge in [0.25, 0.3) is 0 Å². The van der Waals surface area contributed by atoms with E-state index in [1.54, 1.807) is 35.9 Å². The van der Waals surface area contributed by atoms with Crippen LogP contribution in [0.2, 0.25) is 5.15 Å². The number of Topliss-reactive ketones (excluding diaryl/α,β-unsaturated/α-hetero) is 1. The predicted molar refractivity (Wildman–Crippen MR) is 110 cm³/mol. The maximum Gasteiger partial charge on any atom is 0.343 e. The van der Waals surface area contributed by atoms with Gasteiger partial charge in [0, 0.05) is 5.56 Å². The Hall–Kier alpha value is -3.12. The third-order valence-corrected chi connectivity index (χ3v) is 4.83. The number of rotatable bonds is 7. The van der Waals surface area contributed by atoms with Crippen molar-refractivity contribution in [3.05, 3.63) is 81.6 Å². The molecule has 0 aliphatic carbocycles. The van der Waals surface area contributed by atoms with Crippen LogP contribution in [0.25, 0.3) is 0 Å². The molecule has 7 heteroatoms. The second-order valence-electron chi connectivity index (χ2n) is 6.63. The molecule has 3 aromatic rings. The highest BCUT2D eigenvalue weighted by Crippen LogP contribution is 2.22. The fourth-order valence-corrected chi connectivity index (χ4v) is 3.15. The molecule has 0 aliphatic rings. The number of carbonyl (C=O) groups excluding carboxylic acids is 2. The van der Waals surface area contributed by atoms with E-state index in [0.29, 0.717) is 23.6 Å². The summed E-state index contributed by atoms with van der Waals surface area (Å²) in [7, 11) is 1.52. The number of carbonyl (C=O) groups is 2. The molecule has 6 nitrogen and oxygen atoms in total. The van der Waals surface area contributed by atoms with Crippen LogP contribution in [-0.4, -0.2) is 35.2 Å². The third kappa shape index (κ3) is 4.84. The molecular weight excluding hydrogens is 392 g/mol. The van der Waals surface area contributed by atoms with Crippen molar-refractivity contribution >= 4 is 23.4 Å². The van der Waals surface area contributed by atoms with Gasteiger partial charge in [-0.2, -0.15) is 5.10 Å². The van der Waals surface area contributed by atoms with Gasteiger partial charge in [0.2, 0.25) is 0 Å². The fraction of sp³-hybridized carbons (Fsp3) is 0.227. The Morgan fingerprint density at radius 3 is 2.52 bits per heavy atom. The summed E-state index contributed by atoms with van der Waals surface area (Å²) in [6.07, 6.45) is 0. The zero-order valence-corrected chi connectivity index (χ0v) is 17.2. The van der Waals surface area contributed by atoms with Crippen LogP contribution in [0, 0.1) is 13.8 Å². The van der Waals surface area contributed by atoms with E-state index < -0.39 is 12.6 Å². The molecular formula is C22H21ClN2O4. The number of ketones is 1. The molecule has 0 saturated carbocycles. The summed E-state index contributed by atoms with van der Waals surface area (Å²) >= 11 is 6.38. The Balaban J connectivity index is 1.69. The molecule has 0 atom stereocenters. The number of nitrogens with zero attached hydrogens (tertiary/aromatic N) is 2. The topological polar surface area (TPSA) is 70.4 Å². The average molecular weight is 413 g/mol. The summed E-state index contributed by atoms with van der Waals surface area (Å²) in [6, 6.07) is 14.6. The number of hydrogen-bond donors (Lipinski definition) is 0. The summed E-state index contributed by atoms with van der Waals surface area (Å²) in [5, 5.41) is 4.52. The summed E-state index contributed by atoms with van der Waals surface area (Å²) in [4.78, 5) is 24.8. The van der Waals surface area contributed by atoms with Crippen LogP contribution in [-0.2, 0) is 11.3 Å². The highest BCUT2D eigenvalue weighted by molar-refractivity contribution is 6.32. The largest absolute Gasteiger partial charge is 0.497 e. The molecule has 0 radical (unpaired) electrons. The minimum Gasteiger partial charge on any atom is -0.497 e. The van der Waals surface area contributed by atoms with Crippen molar-refractivity contribution < 1.29 is 19.1 Å². The highest BCUT2D eigenvalue weighted by atomic mass is 35.5. The third-order valence-electron chi connectivity index (χ3n) is 4.45. The molecule has 0 aliphatic heterocycles. The minimum absolute atomic E-state index is 0.164. The lowest BCUT2D eigenvalue weighted by atomic mass is 10.1. The molecule has 0 amide bonds. The van der Waals surface area contributed by atoms with Gasteiger partial charge >= 0.3 is 5.97 Å². The minimum atomic E-state index is -0.682. The number of hydrogen-bond acceptors (Lipinski definition) is 5. The standard InChI is InChI=1S/C22H21ClN2O4/c1-14-7-9-16(10-8-14)12-25-21(23)20(15(2)24-25)22(27)29-13-19(26)17-5-4-6-18(11-17)28-3/h4-11H,12-13H2,1-3H3. The van der Waals surface area contributed by atoms with Gasteiger partial charge in [0.05, 0.1) is 19.3 Å². The van der Waals surface area contributed by atoms with Crippen LogP contribution in [0.15, 0.2) is 48.5 Å². The lowest BCUT2D eigenvalue weighted by Gasteiger charge is -2.06. The van der Waals surface area contributed by atoms with Crippen LogP contribution < -0.4 is 4.74 Å². The lowest BCUT2D eigenvalue weighted by molar-refractivity contribution is 0.0474. The second kappa shape index (κ2) is 8.92. The molecule has 0 unspecified atom stereocenters. The van der Waals surface area contributed by atoms with E-state index in [2.05, 4.69) is 5.10 Å². The van der Waals surface area contributed by atoms with Crippen LogP contribution >= 0.6 is 11.6 Å². The van der Waals surface area contributed by atoms with E-state index in [-0.39, 0.29) is 16.5 Å². The molecule has 150 valence electrons. The molecule has 29 heavy (non-hydrogen) atoms. The van der Waals surface area contributed by atoms with E-state index in [1.807, 2.05) is 31.2 Å². The summed E-state index contributed by atoms with van der Waals surface area (Å²) in [5.74, 6) is -0.463. The number of halogens is 1. The highest BCUT2D eigenvalue weighted by Gasteiger charge is 2.23. The maximum absolute atomic E-state index is 12.5. The van der Waals surface area contributed by atoms with Crippen molar-refractivity contribution in [1.82, 2.24) is 9.78 Å². The first-order valence-corrected chi connectivity index (χ1v) is 9.39. The smallest absolute Gasteiger partial charge is 0.343 e. The molecule has 1 heterocycles. The second-order valence-corrected chi connectivity index (χ2v) is 6.98. The fourth-order valence-electron chi connectivity index (χ4n) is 2.84. The van der Waals surface area contributed by atoms with Crippen molar-refractivity contribution in [2.75, 3.05) is 13.7 Å². The quantitative estimate of drug-likeness (QED) is 0.428. The molecule has 0 bridgehead atoms. The van der Waals surface area contributed by atoms with Crippen molar-refractivity contribution in [3.63, 3.8) is 0 Å². The van der Waals surface area contributed by atoms with E-state index in [4.69, 9.17) is 21.1 Å². The molecule has 0 spiro atoms. The molecule has 0 N–H and O–H groups in total. The monoisotopic (exact) mass is 412 g/mol. The number of esters is 1. The number of methoxy groups -OCH3 is 1. The number of aryl methyl sites for hydroxylation is 2.